The molecule has 3 heterocycles. The van der Waals surface area contributed by atoms with E-state index >= 15 is 0 Å². The van der Waals surface area contributed by atoms with Gasteiger partial charge < -0.3 is 0 Å². The quantitative estimate of drug-likeness (QED) is 0.828. The van der Waals surface area contributed by atoms with Crippen LogP contribution < -0.4 is 0 Å². The molecule has 1 aromatic rings. The standard InChI is InChI=1S/C15H24N2S/c1-12(9-15-6-4-8-18-15)17-11-14-5-3-7-16(14)10-13(17)2/h4,6,8,12-14H,3,5,7,9-11H2,1-2H3. The summed E-state index contributed by atoms with van der Waals surface area (Å²) in [6.07, 6.45) is 4.04. The van der Waals surface area contributed by atoms with E-state index in [1.54, 1.807) is 0 Å². The van der Waals surface area contributed by atoms with E-state index in [4.69, 9.17) is 0 Å². The number of nitrogens with zero attached hydrogens (tertiary/aromatic N) is 2. The third kappa shape index (κ3) is 2.49. The SMILES string of the molecule is CC(Cc1cccs1)N1CC2CCCN2CC1C. The number of hydrogen-bond acceptors (Lipinski definition) is 3. The van der Waals surface area contributed by atoms with Gasteiger partial charge in [0, 0.05) is 36.1 Å². The van der Waals surface area contributed by atoms with E-state index in [0.29, 0.717) is 12.1 Å². The molecule has 2 nitrogen and oxygen atoms in total. The molecular weight excluding hydrogens is 240 g/mol. The lowest BCUT2D eigenvalue weighted by Gasteiger charge is -2.45. The molecule has 3 heteroatoms. The molecule has 0 saturated carbocycles. The van der Waals surface area contributed by atoms with Crippen molar-refractivity contribution in [2.75, 3.05) is 19.6 Å². The Labute approximate surface area is 115 Å². The zero-order chi connectivity index (χ0) is 12.5. The fourth-order valence-corrected chi connectivity index (χ4v) is 4.49. The van der Waals surface area contributed by atoms with Crippen molar-refractivity contribution in [2.24, 2.45) is 0 Å². The molecule has 2 saturated heterocycles. The molecule has 0 radical (unpaired) electrons. The minimum absolute atomic E-state index is 0.682. The Bertz CT molecular complexity index is 376. The van der Waals surface area contributed by atoms with Crippen LogP contribution in [0.5, 0.6) is 0 Å². The van der Waals surface area contributed by atoms with Gasteiger partial charge in [0.2, 0.25) is 0 Å². The molecule has 1 aromatic heterocycles. The molecule has 2 fully saturated rings. The van der Waals surface area contributed by atoms with E-state index in [2.05, 4.69) is 41.2 Å². The topological polar surface area (TPSA) is 6.48 Å². The van der Waals surface area contributed by atoms with Crippen molar-refractivity contribution in [2.45, 2.75) is 51.2 Å². The van der Waals surface area contributed by atoms with Crippen molar-refractivity contribution >= 4 is 11.3 Å². The van der Waals surface area contributed by atoms with Crippen LogP contribution in [0.2, 0.25) is 0 Å². The van der Waals surface area contributed by atoms with Crippen molar-refractivity contribution in [3.63, 3.8) is 0 Å². The second-order valence-electron chi connectivity index (χ2n) is 5.97. The highest BCUT2D eigenvalue weighted by Gasteiger charge is 2.36. The van der Waals surface area contributed by atoms with Crippen LogP contribution in [0.3, 0.4) is 0 Å². The van der Waals surface area contributed by atoms with Crippen LogP contribution in [0.25, 0.3) is 0 Å². The van der Waals surface area contributed by atoms with Crippen LogP contribution in [-0.2, 0) is 6.42 Å². The third-order valence-corrected chi connectivity index (χ3v) is 5.53. The van der Waals surface area contributed by atoms with Crippen molar-refractivity contribution < 1.29 is 0 Å². The number of hydrogen-bond donors (Lipinski definition) is 0. The van der Waals surface area contributed by atoms with Gasteiger partial charge in [-0.15, -0.1) is 11.3 Å². The molecule has 0 aromatic carbocycles. The largest absolute Gasteiger partial charge is 0.298 e. The molecule has 3 rings (SSSR count). The molecule has 2 aliphatic heterocycles. The van der Waals surface area contributed by atoms with Gasteiger partial charge in [0.1, 0.15) is 0 Å². The van der Waals surface area contributed by atoms with E-state index in [0.717, 1.165) is 6.04 Å². The van der Waals surface area contributed by atoms with Gasteiger partial charge in [-0.25, -0.2) is 0 Å². The molecule has 3 atom stereocenters. The van der Waals surface area contributed by atoms with Crippen LogP contribution in [-0.4, -0.2) is 47.6 Å². The van der Waals surface area contributed by atoms with Gasteiger partial charge in [-0.1, -0.05) is 6.07 Å². The fourth-order valence-electron chi connectivity index (χ4n) is 3.66. The highest BCUT2D eigenvalue weighted by molar-refractivity contribution is 7.09. The minimum atomic E-state index is 0.682. The Morgan fingerprint density at radius 3 is 3.11 bits per heavy atom. The number of fused-ring (bicyclic) bond motifs is 1. The van der Waals surface area contributed by atoms with Gasteiger partial charge >= 0.3 is 0 Å². The van der Waals surface area contributed by atoms with Crippen LogP contribution in [0.1, 0.15) is 31.6 Å². The maximum absolute atomic E-state index is 2.74. The van der Waals surface area contributed by atoms with E-state index in [1.807, 2.05) is 11.3 Å². The number of rotatable bonds is 3. The van der Waals surface area contributed by atoms with Gasteiger partial charge in [0.25, 0.3) is 0 Å². The Balaban J connectivity index is 1.63. The van der Waals surface area contributed by atoms with Crippen molar-refractivity contribution in [1.29, 1.82) is 0 Å². The maximum atomic E-state index is 2.74. The first kappa shape index (κ1) is 12.6. The average Bonchev–Trinajstić information content (AvgIpc) is 2.98. The monoisotopic (exact) mass is 264 g/mol. The lowest BCUT2D eigenvalue weighted by atomic mass is 10.0. The number of piperazine rings is 1. The van der Waals surface area contributed by atoms with Gasteiger partial charge in [-0.2, -0.15) is 0 Å². The van der Waals surface area contributed by atoms with Gasteiger partial charge in [0.15, 0.2) is 0 Å². The van der Waals surface area contributed by atoms with Gasteiger partial charge in [0.05, 0.1) is 0 Å². The van der Waals surface area contributed by atoms with E-state index in [9.17, 15) is 0 Å². The average molecular weight is 264 g/mol. The number of thiophene rings is 1. The predicted octanol–water partition coefficient (Wildman–Crippen LogP) is 2.85. The van der Waals surface area contributed by atoms with E-state index in [-0.39, 0.29) is 0 Å². The van der Waals surface area contributed by atoms with Crippen LogP contribution >= 0.6 is 11.3 Å². The molecule has 3 unspecified atom stereocenters. The molecule has 100 valence electrons. The summed E-state index contributed by atoms with van der Waals surface area (Å²) in [5.74, 6) is 0. The first-order chi connectivity index (χ1) is 8.74. The van der Waals surface area contributed by atoms with Gasteiger partial charge in [-0.05, 0) is 51.1 Å². The highest BCUT2D eigenvalue weighted by Crippen LogP contribution is 2.27. The van der Waals surface area contributed by atoms with Gasteiger partial charge in [-0.3, -0.25) is 9.80 Å². The summed E-state index contributed by atoms with van der Waals surface area (Å²) < 4.78 is 0. The molecule has 0 aliphatic carbocycles. The lowest BCUT2D eigenvalue weighted by molar-refractivity contribution is 0.0334. The Morgan fingerprint density at radius 1 is 1.44 bits per heavy atom. The highest BCUT2D eigenvalue weighted by atomic mass is 32.1. The van der Waals surface area contributed by atoms with Crippen LogP contribution in [0, 0.1) is 0 Å². The maximum Gasteiger partial charge on any atom is 0.0224 e. The summed E-state index contributed by atoms with van der Waals surface area (Å²) in [6.45, 7) is 8.70. The van der Waals surface area contributed by atoms with Crippen molar-refractivity contribution in [1.82, 2.24) is 9.80 Å². The summed E-state index contributed by atoms with van der Waals surface area (Å²) in [7, 11) is 0. The molecule has 0 spiro atoms. The third-order valence-electron chi connectivity index (χ3n) is 4.63. The molecule has 2 aliphatic rings. The predicted molar refractivity (Wildman–Crippen MR) is 78.2 cm³/mol. The Kier molecular flexibility index (Phi) is 3.73. The van der Waals surface area contributed by atoms with Crippen molar-refractivity contribution in [3.05, 3.63) is 22.4 Å². The Hall–Kier alpha value is -0.380. The molecule has 0 N–H and O–H groups in total. The Morgan fingerprint density at radius 2 is 2.33 bits per heavy atom. The minimum Gasteiger partial charge on any atom is -0.298 e. The first-order valence-electron chi connectivity index (χ1n) is 7.26. The van der Waals surface area contributed by atoms with Crippen LogP contribution in [0.15, 0.2) is 17.5 Å². The molecule has 0 bridgehead atoms. The van der Waals surface area contributed by atoms with Crippen molar-refractivity contribution in [3.8, 4) is 0 Å². The van der Waals surface area contributed by atoms with Crippen LogP contribution in [0.4, 0.5) is 0 Å². The zero-order valence-corrected chi connectivity index (χ0v) is 12.3. The van der Waals surface area contributed by atoms with E-state index in [1.165, 1.54) is 43.8 Å². The second kappa shape index (κ2) is 5.32. The smallest absolute Gasteiger partial charge is 0.0224 e. The summed E-state index contributed by atoms with van der Waals surface area (Å²) >= 11 is 1.90. The van der Waals surface area contributed by atoms with E-state index < -0.39 is 0 Å². The first-order valence-corrected chi connectivity index (χ1v) is 8.14. The molecule has 0 amide bonds. The lowest BCUT2D eigenvalue weighted by Crippen LogP contribution is -2.57. The molecule has 18 heavy (non-hydrogen) atoms. The summed E-state index contributed by atoms with van der Waals surface area (Å²) in [5.41, 5.74) is 0. The fraction of sp³-hybridized carbons (Fsp3) is 0.733. The molecular formula is C15H24N2S. The second-order valence-corrected chi connectivity index (χ2v) is 7.00. The summed E-state index contributed by atoms with van der Waals surface area (Å²) in [5, 5.41) is 2.19. The normalized spacial score (nSPS) is 31.4. The summed E-state index contributed by atoms with van der Waals surface area (Å²) in [4.78, 5) is 6.98. The summed E-state index contributed by atoms with van der Waals surface area (Å²) in [6, 6.07) is 6.69. The zero-order valence-electron chi connectivity index (χ0n) is 11.5.